The molecule has 1 N–H and O–H groups in total. The minimum absolute atomic E-state index is 0.138. The Hall–Kier alpha value is -1.57. The van der Waals surface area contributed by atoms with E-state index in [0.29, 0.717) is 18.5 Å². The highest BCUT2D eigenvalue weighted by molar-refractivity contribution is 7.90. The van der Waals surface area contributed by atoms with E-state index in [2.05, 4.69) is 33.6 Å². The molecule has 7 nitrogen and oxygen atoms in total. The Morgan fingerprint density at radius 1 is 1.42 bits per heavy atom. The summed E-state index contributed by atoms with van der Waals surface area (Å²) in [6.45, 7) is 7.61. The van der Waals surface area contributed by atoms with Crippen molar-refractivity contribution in [2.45, 2.75) is 39.2 Å². The third-order valence-corrected chi connectivity index (χ3v) is 6.69. The predicted octanol–water partition coefficient (Wildman–Crippen LogP) is 1.56. The lowest BCUT2D eigenvalue weighted by atomic mass is 9.93. The quantitative estimate of drug-likeness (QED) is 0.597. The lowest BCUT2D eigenvalue weighted by molar-refractivity contribution is 0.189. The molecule has 0 amide bonds. The van der Waals surface area contributed by atoms with Crippen LogP contribution in [0.5, 0.6) is 0 Å². The highest BCUT2D eigenvalue weighted by Gasteiger charge is 2.45. The van der Waals surface area contributed by atoms with E-state index in [9.17, 15) is 8.42 Å². The first-order valence-corrected chi connectivity index (χ1v) is 11.6. The fourth-order valence-corrected chi connectivity index (χ4v) is 5.34. The highest BCUT2D eigenvalue weighted by Crippen LogP contribution is 2.47. The number of piperidine rings is 1. The molecular formula is C18H31N5O2S. The van der Waals surface area contributed by atoms with E-state index in [1.54, 1.807) is 0 Å². The van der Waals surface area contributed by atoms with Gasteiger partial charge >= 0.3 is 0 Å². The number of rotatable bonds is 6. The number of nitrogens with zero attached hydrogens (tertiary/aromatic N) is 4. The van der Waals surface area contributed by atoms with Crippen molar-refractivity contribution in [2.24, 2.45) is 16.3 Å². The Labute approximate surface area is 156 Å². The van der Waals surface area contributed by atoms with Crippen molar-refractivity contribution in [3.05, 3.63) is 18.7 Å². The van der Waals surface area contributed by atoms with Gasteiger partial charge in [0.05, 0.1) is 18.1 Å². The standard InChI is InChI=1S/C18H31N5O2S/c1-4-20-17(21-12-18(6-7-18)13-26(3,24)25)22-9-5-15(2)16(11-22)23-10-8-19-14-23/h8,10,14-16H,4-7,9,11-13H2,1-3H3,(H,20,21). The number of likely N-dealkylation sites (tertiary alicyclic amines) is 1. The number of nitrogens with one attached hydrogen (secondary N) is 1. The largest absolute Gasteiger partial charge is 0.357 e. The topological polar surface area (TPSA) is 79.6 Å². The van der Waals surface area contributed by atoms with Crippen LogP contribution in [-0.4, -0.2) is 67.0 Å². The average molecular weight is 382 g/mol. The van der Waals surface area contributed by atoms with E-state index in [1.165, 1.54) is 6.26 Å². The summed E-state index contributed by atoms with van der Waals surface area (Å²) in [7, 11) is -2.96. The molecule has 26 heavy (non-hydrogen) atoms. The maximum atomic E-state index is 11.7. The van der Waals surface area contributed by atoms with Gasteiger partial charge in [-0.2, -0.15) is 0 Å². The molecule has 1 saturated carbocycles. The average Bonchev–Trinajstić information content (AvgIpc) is 3.09. The van der Waals surface area contributed by atoms with Crippen LogP contribution in [0.1, 0.15) is 39.2 Å². The summed E-state index contributed by atoms with van der Waals surface area (Å²) >= 11 is 0. The zero-order valence-corrected chi connectivity index (χ0v) is 16.9. The SMILES string of the molecule is CCNC(=NCC1(CS(C)(=O)=O)CC1)N1CCC(C)C(n2ccnc2)C1. The molecule has 0 bridgehead atoms. The summed E-state index contributed by atoms with van der Waals surface area (Å²) in [6, 6.07) is 0.376. The summed E-state index contributed by atoms with van der Waals surface area (Å²) in [4.78, 5) is 11.3. The lowest BCUT2D eigenvalue weighted by Crippen LogP contribution is -2.49. The molecule has 2 fully saturated rings. The maximum absolute atomic E-state index is 11.7. The molecule has 1 aromatic rings. The van der Waals surface area contributed by atoms with Crippen molar-refractivity contribution in [2.75, 3.05) is 38.2 Å². The minimum Gasteiger partial charge on any atom is -0.357 e. The van der Waals surface area contributed by atoms with Crippen molar-refractivity contribution in [1.82, 2.24) is 19.8 Å². The van der Waals surface area contributed by atoms with Gasteiger partial charge in [0.15, 0.2) is 5.96 Å². The van der Waals surface area contributed by atoms with E-state index < -0.39 is 9.84 Å². The Balaban J connectivity index is 1.71. The first-order valence-electron chi connectivity index (χ1n) is 9.50. The number of imidazole rings is 1. The van der Waals surface area contributed by atoms with Gasteiger partial charge in [-0.25, -0.2) is 13.4 Å². The van der Waals surface area contributed by atoms with Crippen molar-refractivity contribution in [3.63, 3.8) is 0 Å². The van der Waals surface area contributed by atoms with Crippen LogP contribution in [0.15, 0.2) is 23.7 Å². The number of guanidine groups is 1. The van der Waals surface area contributed by atoms with E-state index in [1.807, 2.05) is 18.7 Å². The van der Waals surface area contributed by atoms with E-state index in [-0.39, 0.29) is 11.2 Å². The van der Waals surface area contributed by atoms with Crippen LogP contribution < -0.4 is 5.32 Å². The first kappa shape index (κ1) is 19.2. The van der Waals surface area contributed by atoms with Gasteiger partial charge in [-0.3, -0.25) is 4.99 Å². The van der Waals surface area contributed by atoms with Crippen LogP contribution in [0.25, 0.3) is 0 Å². The monoisotopic (exact) mass is 381 g/mol. The molecule has 0 aromatic carbocycles. The van der Waals surface area contributed by atoms with Crippen LogP contribution in [0, 0.1) is 11.3 Å². The van der Waals surface area contributed by atoms with Crippen LogP contribution in [0.2, 0.25) is 0 Å². The zero-order chi connectivity index (χ0) is 18.8. The van der Waals surface area contributed by atoms with Crippen LogP contribution in [-0.2, 0) is 9.84 Å². The molecule has 2 aliphatic rings. The molecule has 2 atom stereocenters. The lowest BCUT2D eigenvalue weighted by Gasteiger charge is -2.39. The second-order valence-corrected chi connectivity index (χ2v) is 10.2. The predicted molar refractivity (Wildman–Crippen MR) is 104 cm³/mol. The molecule has 0 spiro atoms. The van der Waals surface area contributed by atoms with Gasteiger partial charge in [-0.05, 0) is 32.1 Å². The smallest absolute Gasteiger partial charge is 0.194 e. The number of aliphatic imine (C=N–C) groups is 1. The number of hydrogen-bond acceptors (Lipinski definition) is 4. The van der Waals surface area contributed by atoms with Crippen molar-refractivity contribution in [1.29, 1.82) is 0 Å². The fourth-order valence-electron chi connectivity index (χ4n) is 3.84. The molecule has 146 valence electrons. The minimum atomic E-state index is -2.96. The Morgan fingerprint density at radius 2 is 2.19 bits per heavy atom. The Morgan fingerprint density at radius 3 is 2.77 bits per heavy atom. The summed E-state index contributed by atoms with van der Waals surface area (Å²) in [5.41, 5.74) is -0.138. The van der Waals surface area contributed by atoms with Gasteiger partial charge < -0.3 is 14.8 Å². The number of sulfone groups is 1. The van der Waals surface area contributed by atoms with Crippen LogP contribution in [0.4, 0.5) is 0 Å². The molecule has 1 aromatic heterocycles. The third-order valence-electron chi connectivity index (χ3n) is 5.55. The van der Waals surface area contributed by atoms with Crippen molar-refractivity contribution in [3.8, 4) is 0 Å². The zero-order valence-electron chi connectivity index (χ0n) is 16.1. The second-order valence-electron chi connectivity index (χ2n) is 8.03. The summed E-state index contributed by atoms with van der Waals surface area (Å²) < 4.78 is 25.6. The fraction of sp³-hybridized carbons (Fsp3) is 0.778. The molecule has 2 heterocycles. The summed E-state index contributed by atoms with van der Waals surface area (Å²) in [5.74, 6) is 1.74. The maximum Gasteiger partial charge on any atom is 0.194 e. The Bertz CT molecular complexity index is 725. The molecule has 8 heteroatoms. The molecular weight excluding hydrogens is 350 g/mol. The van der Waals surface area contributed by atoms with Crippen molar-refractivity contribution >= 4 is 15.8 Å². The van der Waals surface area contributed by atoms with Crippen LogP contribution in [0.3, 0.4) is 0 Å². The molecule has 2 unspecified atom stereocenters. The van der Waals surface area contributed by atoms with Gasteiger partial charge in [-0.15, -0.1) is 0 Å². The van der Waals surface area contributed by atoms with E-state index in [4.69, 9.17) is 4.99 Å². The van der Waals surface area contributed by atoms with Gasteiger partial charge in [0.1, 0.15) is 9.84 Å². The third kappa shape index (κ3) is 4.78. The summed E-state index contributed by atoms with van der Waals surface area (Å²) in [5, 5.41) is 3.40. The van der Waals surface area contributed by atoms with E-state index in [0.717, 1.165) is 44.9 Å². The second kappa shape index (κ2) is 7.58. The Kier molecular flexibility index (Phi) is 5.60. The highest BCUT2D eigenvalue weighted by atomic mass is 32.2. The number of aromatic nitrogens is 2. The molecule has 1 saturated heterocycles. The van der Waals surface area contributed by atoms with Crippen molar-refractivity contribution < 1.29 is 8.42 Å². The van der Waals surface area contributed by atoms with Gasteiger partial charge in [-0.1, -0.05) is 6.92 Å². The normalized spacial score (nSPS) is 26.0. The molecule has 0 radical (unpaired) electrons. The molecule has 1 aliphatic heterocycles. The van der Waals surface area contributed by atoms with Crippen LogP contribution >= 0.6 is 0 Å². The van der Waals surface area contributed by atoms with E-state index >= 15 is 0 Å². The molecule has 3 rings (SSSR count). The van der Waals surface area contributed by atoms with Gasteiger partial charge in [0.25, 0.3) is 0 Å². The number of hydrogen-bond donors (Lipinski definition) is 1. The van der Waals surface area contributed by atoms with Gasteiger partial charge in [0, 0.05) is 50.2 Å². The first-order chi connectivity index (χ1) is 12.3. The summed E-state index contributed by atoms with van der Waals surface area (Å²) in [6.07, 6.45) is 10.1. The molecule has 1 aliphatic carbocycles. The van der Waals surface area contributed by atoms with Gasteiger partial charge in [0.2, 0.25) is 0 Å².